The second-order valence-electron chi connectivity index (χ2n) is 5.13. The molecule has 0 radical (unpaired) electrons. The standard InChI is InChI=1S/C17H15ClN4O/c1-12-16(17(23)19-15-9-7-14(18)8-10-15)20-21-22(12)11-13-5-3-2-4-6-13/h2-10H,11H2,1H3,(H,19,23). The summed E-state index contributed by atoms with van der Waals surface area (Å²) in [6.45, 7) is 2.41. The van der Waals surface area contributed by atoms with E-state index in [9.17, 15) is 4.79 Å². The van der Waals surface area contributed by atoms with Crippen molar-refractivity contribution in [2.45, 2.75) is 13.5 Å². The molecule has 1 amide bonds. The maximum atomic E-state index is 12.3. The number of nitrogens with one attached hydrogen (secondary N) is 1. The number of rotatable bonds is 4. The molecular weight excluding hydrogens is 312 g/mol. The summed E-state index contributed by atoms with van der Waals surface area (Å²) in [7, 11) is 0. The number of nitrogens with zero attached hydrogens (tertiary/aromatic N) is 3. The Balaban J connectivity index is 1.75. The summed E-state index contributed by atoms with van der Waals surface area (Å²) in [5, 5.41) is 11.5. The van der Waals surface area contributed by atoms with Gasteiger partial charge in [0.2, 0.25) is 0 Å². The number of anilines is 1. The topological polar surface area (TPSA) is 59.8 Å². The van der Waals surface area contributed by atoms with Crippen LogP contribution in [0.25, 0.3) is 0 Å². The van der Waals surface area contributed by atoms with E-state index in [1.807, 2.05) is 37.3 Å². The number of benzene rings is 2. The van der Waals surface area contributed by atoms with Crippen molar-refractivity contribution in [1.29, 1.82) is 0 Å². The molecule has 0 atom stereocenters. The lowest BCUT2D eigenvalue weighted by molar-refractivity contribution is 0.102. The van der Waals surface area contributed by atoms with Gasteiger partial charge in [-0.15, -0.1) is 5.10 Å². The third-order valence-electron chi connectivity index (χ3n) is 3.47. The summed E-state index contributed by atoms with van der Waals surface area (Å²) in [6, 6.07) is 16.8. The molecule has 0 bridgehead atoms. The van der Waals surface area contributed by atoms with E-state index in [0.29, 0.717) is 22.9 Å². The molecule has 0 unspecified atom stereocenters. The van der Waals surface area contributed by atoms with Gasteiger partial charge in [-0.1, -0.05) is 47.1 Å². The van der Waals surface area contributed by atoms with E-state index in [1.165, 1.54) is 0 Å². The molecule has 3 rings (SSSR count). The molecule has 0 saturated heterocycles. The van der Waals surface area contributed by atoms with Crippen LogP contribution in [-0.4, -0.2) is 20.9 Å². The van der Waals surface area contributed by atoms with Gasteiger partial charge in [-0.2, -0.15) is 0 Å². The Bertz CT molecular complexity index is 812. The number of amides is 1. The van der Waals surface area contributed by atoms with Crippen LogP contribution < -0.4 is 5.32 Å². The quantitative estimate of drug-likeness (QED) is 0.797. The average molecular weight is 327 g/mol. The Morgan fingerprint density at radius 1 is 1.13 bits per heavy atom. The maximum absolute atomic E-state index is 12.3. The maximum Gasteiger partial charge on any atom is 0.278 e. The van der Waals surface area contributed by atoms with Gasteiger partial charge < -0.3 is 5.32 Å². The van der Waals surface area contributed by atoms with Gasteiger partial charge in [0.25, 0.3) is 5.91 Å². The zero-order chi connectivity index (χ0) is 16.2. The molecule has 0 saturated carbocycles. The Kier molecular flexibility index (Phi) is 4.39. The molecule has 6 heteroatoms. The fourth-order valence-corrected chi connectivity index (χ4v) is 2.33. The van der Waals surface area contributed by atoms with E-state index in [-0.39, 0.29) is 5.91 Å². The van der Waals surface area contributed by atoms with Gasteiger partial charge in [0.1, 0.15) is 0 Å². The fourth-order valence-electron chi connectivity index (χ4n) is 2.20. The van der Waals surface area contributed by atoms with Crippen LogP contribution in [0.2, 0.25) is 5.02 Å². The first kappa shape index (κ1) is 15.2. The van der Waals surface area contributed by atoms with Gasteiger partial charge in [0.15, 0.2) is 5.69 Å². The van der Waals surface area contributed by atoms with Crippen molar-refractivity contribution < 1.29 is 4.79 Å². The summed E-state index contributed by atoms with van der Waals surface area (Å²) >= 11 is 5.83. The van der Waals surface area contributed by atoms with E-state index in [4.69, 9.17) is 11.6 Å². The lowest BCUT2D eigenvalue weighted by Crippen LogP contribution is -2.14. The van der Waals surface area contributed by atoms with E-state index >= 15 is 0 Å². The molecule has 0 spiro atoms. The molecule has 5 nitrogen and oxygen atoms in total. The predicted octanol–water partition coefficient (Wildman–Crippen LogP) is 3.54. The van der Waals surface area contributed by atoms with Gasteiger partial charge in [0, 0.05) is 10.7 Å². The zero-order valence-electron chi connectivity index (χ0n) is 12.5. The van der Waals surface area contributed by atoms with Crippen LogP contribution in [0.5, 0.6) is 0 Å². The second-order valence-corrected chi connectivity index (χ2v) is 5.56. The monoisotopic (exact) mass is 326 g/mol. The van der Waals surface area contributed by atoms with Crippen molar-refractivity contribution in [3.8, 4) is 0 Å². The number of hydrogen-bond acceptors (Lipinski definition) is 3. The summed E-state index contributed by atoms with van der Waals surface area (Å²) in [4.78, 5) is 12.3. The Morgan fingerprint density at radius 3 is 2.52 bits per heavy atom. The first-order valence-corrected chi connectivity index (χ1v) is 7.52. The van der Waals surface area contributed by atoms with Crippen molar-refractivity contribution in [3.63, 3.8) is 0 Å². The lowest BCUT2D eigenvalue weighted by Gasteiger charge is -2.05. The van der Waals surface area contributed by atoms with E-state index < -0.39 is 0 Å². The smallest absolute Gasteiger partial charge is 0.278 e. The minimum Gasteiger partial charge on any atom is -0.321 e. The molecule has 0 aliphatic heterocycles. The van der Waals surface area contributed by atoms with Gasteiger partial charge in [-0.3, -0.25) is 4.79 Å². The molecule has 0 fully saturated rings. The Hall–Kier alpha value is -2.66. The molecule has 23 heavy (non-hydrogen) atoms. The summed E-state index contributed by atoms with van der Waals surface area (Å²) in [6.07, 6.45) is 0. The van der Waals surface area contributed by atoms with E-state index in [0.717, 1.165) is 11.3 Å². The minimum absolute atomic E-state index is 0.288. The molecule has 0 aliphatic carbocycles. The van der Waals surface area contributed by atoms with Crippen molar-refractivity contribution in [1.82, 2.24) is 15.0 Å². The molecule has 2 aromatic carbocycles. The first-order valence-electron chi connectivity index (χ1n) is 7.14. The van der Waals surface area contributed by atoms with Crippen molar-refractivity contribution in [2.24, 2.45) is 0 Å². The van der Waals surface area contributed by atoms with Crippen LogP contribution >= 0.6 is 11.6 Å². The number of aromatic nitrogens is 3. The van der Waals surface area contributed by atoms with Crippen molar-refractivity contribution in [2.75, 3.05) is 5.32 Å². The average Bonchev–Trinajstić information content (AvgIpc) is 2.92. The SMILES string of the molecule is Cc1c(C(=O)Nc2ccc(Cl)cc2)nnn1Cc1ccccc1. The van der Waals surface area contributed by atoms with E-state index in [1.54, 1.807) is 28.9 Å². The molecule has 0 aliphatic rings. The molecule has 116 valence electrons. The third-order valence-corrected chi connectivity index (χ3v) is 3.73. The zero-order valence-corrected chi connectivity index (χ0v) is 13.3. The third kappa shape index (κ3) is 3.57. The first-order chi connectivity index (χ1) is 11.1. The van der Waals surface area contributed by atoms with Crippen LogP contribution in [-0.2, 0) is 6.54 Å². The van der Waals surface area contributed by atoms with Gasteiger partial charge >= 0.3 is 0 Å². The molecule has 1 aromatic heterocycles. The van der Waals surface area contributed by atoms with Crippen molar-refractivity contribution in [3.05, 3.63) is 76.6 Å². The highest BCUT2D eigenvalue weighted by Gasteiger charge is 2.16. The highest BCUT2D eigenvalue weighted by molar-refractivity contribution is 6.30. The van der Waals surface area contributed by atoms with Gasteiger partial charge in [0.05, 0.1) is 12.2 Å². The Morgan fingerprint density at radius 2 is 1.83 bits per heavy atom. The van der Waals surface area contributed by atoms with Gasteiger partial charge in [-0.05, 0) is 36.8 Å². The number of hydrogen-bond donors (Lipinski definition) is 1. The largest absolute Gasteiger partial charge is 0.321 e. The summed E-state index contributed by atoms with van der Waals surface area (Å²) < 4.78 is 1.71. The van der Waals surface area contributed by atoms with Crippen LogP contribution in [0.3, 0.4) is 0 Å². The summed E-state index contributed by atoms with van der Waals surface area (Å²) in [5.41, 5.74) is 2.80. The molecule has 1 N–H and O–H groups in total. The fraction of sp³-hybridized carbons (Fsp3) is 0.118. The molecular formula is C17H15ClN4O. The number of halogens is 1. The molecule has 1 heterocycles. The predicted molar refractivity (Wildman–Crippen MR) is 89.7 cm³/mol. The highest BCUT2D eigenvalue weighted by atomic mass is 35.5. The number of carbonyl (C=O) groups excluding carboxylic acids is 1. The van der Waals surface area contributed by atoms with Gasteiger partial charge in [-0.25, -0.2) is 4.68 Å². The second kappa shape index (κ2) is 6.62. The number of carbonyl (C=O) groups is 1. The van der Waals surface area contributed by atoms with E-state index in [2.05, 4.69) is 15.6 Å². The Labute approximate surface area is 138 Å². The summed E-state index contributed by atoms with van der Waals surface area (Å²) in [5.74, 6) is -0.288. The van der Waals surface area contributed by atoms with Crippen LogP contribution in [0.4, 0.5) is 5.69 Å². The lowest BCUT2D eigenvalue weighted by atomic mass is 10.2. The minimum atomic E-state index is -0.288. The molecule has 3 aromatic rings. The highest BCUT2D eigenvalue weighted by Crippen LogP contribution is 2.15. The van der Waals surface area contributed by atoms with Crippen LogP contribution in [0, 0.1) is 6.92 Å². The van der Waals surface area contributed by atoms with Crippen LogP contribution in [0.1, 0.15) is 21.7 Å². The van der Waals surface area contributed by atoms with Crippen LogP contribution in [0.15, 0.2) is 54.6 Å². The van der Waals surface area contributed by atoms with Crippen molar-refractivity contribution >= 4 is 23.2 Å². The normalized spacial score (nSPS) is 10.5.